The minimum Gasteiger partial charge on any atom is -0.478 e. The Balaban J connectivity index is 2.88. The standard InChI is InChI=1S/C15H13I3N2O5/c1-19(2)14(23)8-10(16)9(15(24)25)12(18)13(11(8)17)20-6(21)4-3-5-7(20)22/h3-5H2,1-2H3,(H,24,25). The van der Waals surface area contributed by atoms with Gasteiger partial charge in [-0.05, 0) is 74.2 Å². The molecule has 0 unspecified atom stereocenters. The highest BCUT2D eigenvalue weighted by Gasteiger charge is 2.36. The number of carboxylic acid groups (broad SMARTS) is 1. The Morgan fingerprint density at radius 3 is 1.88 bits per heavy atom. The smallest absolute Gasteiger partial charge is 0.337 e. The first-order chi connectivity index (χ1) is 11.6. The Hall–Kier alpha value is -0.510. The molecule has 1 aromatic rings. The van der Waals surface area contributed by atoms with Gasteiger partial charge in [0.05, 0.1) is 24.0 Å². The number of piperidine rings is 1. The fourth-order valence-corrected chi connectivity index (χ4v) is 7.02. The number of rotatable bonds is 3. The van der Waals surface area contributed by atoms with E-state index in [1.165, 1.54) is 4.90 Å². The van der Waals surface area contributed by atoms with Crippen molar-refractivity contribution in [2.75, 3.05) is 19.0 Å². The molecule has 0 spiro atoms. The lowest BCUT2D eigenvalue weighted by atomic mass is 10.0. The molecule has 1 heterocycles. The number of imide groups is 1. The summed E-state index contributed by atoms with van der Waals surface area (Å²) in [4.78, 5) is 51.4. The van der Waals surface area contributed by atoms with Gasteiger partial charge < -0.3 is 10.0 Å². The summed E-state index contributed by atoms with van der Waals surface area (Å²) < 4.78 is 0.967. The summed E-state index contributed by atoms with van der Waals surface area (Å²) in [5, 5.41) is 9.61. The van der Waals surface area contributed by atoms with Crippen LogP contribution in [0.15, 0.2) is 0 Å². The molecule has 7 nitrogen and oxygen atoms in total. The number of carbonyl (C=O) groups is 4. The molecule has 0 bridgehead atoms. The number of benzene rings is 1. The normalized spacial score (nSPS) is 14.7. The molecule has 0 atom stereocenters. The average Bonchev–Trinajstić information content (AvgIpc) is 2.49. The Kier molecular flexibility index (Phi) is 6.67. The van der Waals surface area contributed by atoms with Gasteiger partial charge in [0.15, 0.2) is 0 Å². The minimum atomic E-state index is -1.21. The van der Waals surface area contributed by atoms with Crippen LogP contribution in [-0.2, 0) is 9.59 Å². The number of carboxylic acids is 1. The van der Waals surface area contributed by atoms with Crippen LogP contribution in [0.4, 0.5) is 5.69 Å². The van der Waals surface area contributed by atoms with Crippen LogP contribution in [0.5, 0.6) is 0 Å². The second-order valence-electron chi connectivity index (χ2n) is 5.52. The van der Waals surface area contributed by atoms with E-state index in [1.54, 1.807) is 14.1 Å². The summed E-state index contributed by atoms with van der Waals surface area (Å²) in [5.74, 6) is -2.36. The molecule has 1 aliphatic heterocycles. The summed E-state index contributed by atoms with van der Waals surface area (Å²) in [6.45, 7) is 0. The van der Waals surface area contributed by atoms with E-state index in [0.717, 1.165) is 4.90 Å². The summed E-state index contributed by atoms with van der Waals surface area (Å²) in [5.41, 5.74) is 0.303. The first-order valence-electron chi connectivity index (χ1n) is 7.10. The van der Waals surface area contributed by atoms with E-state index in [1.807, 2.05) is 67.8 Å². The lowest BCUT2D eigenvalue weighted by molar-refractivity contribution is -0.129. The second kappa shape index (κ2) is 8.02. The molecule has 10 heteroatoms. The van der Waals surface area contributed by atoms with Gasteiger partial charge in [-0.3, -0.25) is 14.4 Å². The van der Waals surface area contributed by atoms with Crippen molar-refractivity contribution in [3.8, 4) is 0 Å². The number of carbonyl (C=O) groups excluding carboxylic acids is 3. The predicted octanol–water partition coefficient (Wildman–Crippen LogP) is 2.94. The lowest BCUT2D eigenvalue weighted by Gasteiger charge is -2.29. The SMILES string of the molecule is CN(C)C(=O)c1c(I)c(C(=O)O)c(I)c(N2C(=O)CCCC2=O)c1I. The molecule has 25 heavy (non-hydrogen) atoms. The van der Waals surface area contributed by atoms with Crippen LogP contribution in [0, 0.1) is 10.7 Å². The monoisotopic (exact) mass is 682 g/mol. The second-order valence-corrected chi connectivity index (χ2v) is 8.76. The number of hydrogen-bond acceptors (Lipinski definition) is 4. The molecule has 0 radical (unpaired) electrons. The van der Waals surface area contributed by atoms with Crippen LogP contribution in [0.25, 0.3) is 0 Å². The van der Waals surface area contributed by atoms with Crippen molar-refractivity contribution in [1.29, 1.82) is 0 Å². The van der Waals surface area contributed by atoms with Crippen molar-refractivity contribution in [2.24, 2.45) is 0 Å². The van der Waals surface area contributed by atoms with Crippen molar-refractivity contribution in [2.45, 2.75) is 19.3 Å². The van der Waals surface area contributed by atoms with Crippen molar-refractivity contribution >= 4 is 97.2 Å². The highest BCUT2D eigenvalue weighted by Crippen LogP contribution is 2.39. The molecule has 1 aliphatic rings. The van der Waals surface area contributed by atoms with Crippen LogP contribution < -0.4 is 4.90 Å². The van der Waals surface area contributed by atoms with Gasteiger partial charge >= 0.3 is 5.97 Å². The summed E-state index contributed by atoms with van der Waals surface area (Å²) in [7, 11) is 3.12. The topological polar surface area (TPSA) is 95.0 Å². The van der Waals surface area contributed by atoms with E-state index < -0.39 is 5.97 Å². The third-order valence-corrected chi connectivity index (χ3v) is 6.81. The quantitative estimate of drug-likeness (QED) is 0.392. The van der Waals surface area contributed by atoms with Gasteiger partial charge in [-0.2, -0.15) is 0 Å². The average molecular weight is 682 g/mol. The highest BCUT2D eigenvalue weighted by molar-refractivity contribution is 14.1. The van der Waals surface area contributed by atoms with Crippen LogP contribution in [-0.4, -0.2) is 47.8 Å². The van der Waals surface area contributed by atoms with Gasteiger partial charge in [0.25, 0.3) is 5.91 Å². The summed E-state index contributed by atoms with van der Waals surface area (Å²) in [6.07, 6.45) is 0.896. The Morgan fingerprint density at radius 2 is 1.44 bits per heavy atom. The molecule has 1 saturated heterocycles. The Morgan fingerprint density at radius 1 is 0.960 bits per heavy atom. The highest BCUT2D eigenvalue weighted by atomic mass is 127. The van der Waals surface area contributed by atoms with Crippen molar-refractivity contribution in [1.82, 2.24) is 4.90 Å². The minimum absolute atomic E-state index is 0.0759. The molecular formula is C15H13I3N2O5. The Bertz CT molecular complexity index is 791. The molecule has 1 aromatic carbocycles. The molecule has 1 N–H and O–H groups in total. The van der Waals surface area contributed by atoms with Crippen LogP contribution >= 0.6 is 67.8 Å². The predicted molar refractivity (Wildman–Crippen MR) is 116 cm³/mol. The van der Waals surface area contributed by atoms with E-state index in [9.17, 15) is 24.3 Å². The third-order valence-electron chi connectivity index (χ3n) is 3.63. The third kappa shape index (κ3) is 3.79. The lowest BCUT2D eigenvalue weighted by Crippen LogP contribution is -2.42. The van der Waals surface area contributed by atoms with Gasteiger partial charge in [0.1, 0.15) is 0 Å². The molecule has 3 amide bonds. The van der Waals surface area contributed by atoms with Crippen LogP contribution in [0.1, 0.15) is 40.0 Å². The van der Waals surface area contributed by atoms with Gasteiger partial charge in [-0.1, -0.05) is 0 Å². The first kappa shape index (κ1) is 20.8. The maximum absolute atomic E-state index is 12.6. The van der Waals surface area contributed by atoms with Crippen LogP contribution in [0.3, 0.4) is 0 Å². The first-order valence-corrected chi connectivity index (χ1v) is 10.3. The largest absolute Gasteiger partial charge is 0.478 e. The van der Waals surface area contributed by atoms with Crippen LogP contribution in [0.2, 0.25) is 0 Å². The zero-order valence-corrected chi connectivity index (χ0v) is 19.7. The van der Waals surface area contributed by atoms with E-state index >= 15 is 0 Å². The fourth-order valence-electron chi connectivity index (χ4n) is 2.45. The number of nitrogens with zero attached hydrogens (tertiary/aromatic N) is 2. The number of anilines is 1. The maximum atomic E-state index is 12.6. The molecule has 134 valence electrons. The zero-order valence-electron chi connectivity index (χ0n) is 13.2. The zero-order chi connectivity index (χ0) is 19.0. The van der Waals surface area contributed by atoms with E-state index in [-0.39, 0.29) is 50.9 Å². The van der Waals surface area contributed by atoms with Gasteiger partial charge in [0.2, 0.25) is 11.8 Å². The number of hydrogen-bond donors (Lipinski definition) is 1. The Labute approximate surface area is 184 Å². The van der Waals surface area contributed by atoms with Gasteiger partial charge in [-0.15, -0.1) is 0 Å². The molecular weight excluding hydrogens is 669 g/mol. The van der Waals surface area contributed by atoms with Crippen molar-refractivity contribution in [3.05, 3.63) is 21.8 Å². The number of aromatic carboxylic acids is 1. The number of amides is 3. The molecule has 1 fully saturated rings. The van der Waals surface area contributed by atoms with Crippen molar-refractivity contribution in [3.63, 3.8) is 0 Å². The molecule has 0 aromatic heterocycles. The van der Waals surface area contributed by atoms with E-state index in [0.29, 0.717) is 13.6 Å². The molecule has 2 rings (SSSR count). The fraction of sp³-hybridized carbons (Fsp3) is 0.333. The molecule has 0 saturated carbocycles. The van der Waals surface area contributed by atoms with Gasteiger partial charge in [0, 0.05) is 30.5 Å². The number of halogens is 3. The van der Waals surface area contributed by atoms with Crippen molar-refractivity contribution < 1.29 is 24.3 Å². The maximum Gasteiger partial charge on any atom is 0.337 e. The summed E-state index contributed by atoms with van der Waals surface area (Å²) >= 11 is 5.56. The van der Waals surface area contributed by atoms with E-state index in [2.05, 4.69) is 0 Å². The van der Waals surface area contributed by atoms with E-state index in [4.69, 9.17) is 0 Å². The molecule has 0 aliphatic carbocycles. The van der Waals surface area contributed by atoms with Gasteiger partial charge in [-0.25, -0.2) is 9.69 Å². The summed E-state index contributed by atoms with van der Waals surface area (Å²) in [6, 6.07) is 0.